The Bertz CT molecular complexity index is 674. The van der Waals surface area contributed by atoms with E-state index in [2.05, 4.69) is 20.4 Å². The van der Waals surface area contributed by atoms with Gasteiger partial charge in [0.1, 0.15) is 5.69 Å². The molecule has 2 unspecified atom stereocenters. The van der Waals surface area contributed by atoms with Crippen LogP contribution in [0.3, 0.4) is 0 Å². The molecule has 1 aliphatic carbocycles. The minimum atomic E-state index is -0.0389. The van der Waals surface area contributed by atoms with Crippen molar-refractivity contribution in [1.29, 1.82) is 0 Å². The number of nitrogens with zero attached hydrogens (tertiary/aromatic N) is 3. The monoisotopic (exact) mass is 344 g/mol. The second-order valence-electron chi connectivity index (χ2n) is 6.48. The van der Waals surface area contributed by atoms with Gasteiger partial charge in [-0.1, -0.05) is 30.5 Å². The predicted molar refractivity (Wildman–Crippen MR) is 91.4 cm³/mol. The van der Waals surface area contributed by atoms with Gasteiger partial charge in [-0.25, -0.2) is 0 Å². The van der Waals surface area contributed by atoms with Crippen LogP contribution < -0.4 is 5.32 Å². The fourth-order valence-electron chi connectivity index (χ4n) is 3.25. The number of pyridine rings is 1. The number of aromatic nitrogens is 3. The lowest BCUT2D eigenvalue weighted by Crippen LogP contribution is -2.41. The first-order chi connectivity index (χ1) is 12.3. The number of amides is 1. The van der Waals surface area contributed by atoms with Crippen LogP contribution in [0.15, 0.2) is 28.9 Å². The first kappa shape index (κ1) is 17.5. The molecule has 2 N–H and O–H groups in total. The highest BCUT2D eigenvalue weighted by molar-refractivity contribution is 5.76. The average Bonchev–Trinajstić information content (AvgIpc) is 3.01. The molecule has 2 heterocycles. The van der Waals surface area contributed by atoms with E-state index in [0.717, 1.165) is 25.7 Å². The quantitative estimate of drug-likeness (QED) is 0.779. The van der Waals surface area contributed by atoms with Crippen molar-refractivity contribution < 1.29 is 14.4 Å². The normalized spacial score (nSPS) is 20.8. The fraction of sp³-hybridized carbons (Fsp3) is 0.556. The van der Waals surface area contributed by atoms with Crippen molar-refractivity contribution in [3.05, 3.63) is 30.3 Å². The third kappa shape index (κ3) is 4.85. The highest BCUT2D eigenvalue weighted by atomic mass is 16.5. The molecule has 2 atom stereocenters. The number of nitrogens with one attached hydrogen (secondary N) is 1. The van der Waals surface area contributed by atoms with E-state index in [4.69, 9.17) is 4.52 Å². The van der Waals surface area contributed by atoms with Crippen LogP contribution in [-0.2, 0) is 11.2 Å². The summed E-state index contributed by atoms with van der Waals surface area (Å²) in [5.74, 6) is 0.976. The van der Waals surface area contributed by atoms with Gasteiger partial charge in [-0.3, -0.25) is 9.78 Å². The molecular weight excluding hydrogens is 320 g/mol. The van der Waals surface area contributed by atoms with Crippen LogP contribution in [0.25, 0.3) is 11.5 Å². The smallest absolute Gasteiger partial charge is 0.227 e. The van der Waals surface area contributed by atoms with Crippen LogP contribution in [0, 0.1) is 5.92 Å². The van der Waals surface area contributed by atoms with E-state index in [-0.39, 0.29) is 24.5 Å². The molecule has 0 aromatic carbocycles. The summed E-state index contributed by atoms with van der Waals surface area (Å²) in [5.41, 5.74) is 0.645. The molecule has 2 aromatic rings. The highest BCUT2D eigenvalue weighted by Crippen LogP contribution is 2.23. The lowest BCUT2D eigenvalue weighted by Gasteiger charge is -2.24. The van der Waals surface area contributed by atoms with Crippen molar-refractivity contribution in [1.82, 2.24) is 20.4 Å². The van der Waals surface area contributed by atoms with Gasteiger partial charge in [0, 0.05) is 37.6 Å². The van der Waals surface area contributed by atoms with Crippen LogP contribution in [-0.4, -0.2) is 38.8 Å². The zero-order valence-corrected chi connectivity index (χ0v) is 14.2. The minimum absolute atomic E-state index is 0.0389. The zero-order valence-electron chi connectivity index (χ0n) is 14.2. The first-order valence-electron chi connectivity index (χ1n) is 8.90. The molecule has 1 amide bonds. The largest absolute Gasteiger partial charge is 0.396 e. The summed E-state index contributed by atoms with van der Waals surface area (Å²) in [6, 6.07) is 5.55. The van der Waals surface area contributed by atoms with E-state index in [0.29, 0.717) is 30.3 Å². The predicted octanol–water partition coefficient (Wildman–Crippen LogP) is 2.12. The molecule has 25 heavy (non-hydrogen) atoms. The van der Waals surface area contributed by atoms with E-state index >= 15 is 0 Å². The Morgan fingerprint density at radius 1 is 1.28 bits per heavy atom. The molecule has 2 aromatic heterocycles. The first-order valence-corrected chi connectivity index (χ1v) is 8.90. The molecule has 0 saturated heterocycles. The standard InChI is InChI=1S/C18H24N4O3/c23-12-13-6-2-1-3-7-14(13)20-16(24)9-10-17-21-18(22-25-17)15-8-4-5-11-19-15/h4-5,8,11,13-14,23H,1-3,6-7,9-10,12H2,(H,20,24). The van der Waals surface area contributed by atoms with Crippen LogP contribution >= 0.6 is 0 Å². The van der Waals surface area contributed by atoms with Gasteiger partial charge in [-0.05, 0) is 25.0 Å². The van der Waals surface area contributed by atoms with Crippen molar-refractivity contribution in [3.8, 4) is 11.5 Å². The minimum Gasteiger partial charge on any atom is -0.396 e. The van der Waals surface area contributed by atoms with Crippen molar-refractivity contribution in [2.24, 2.45) is 5.92 Å². The highest BCUT2D eigenvalue weighted by Gasteiger charge is 2.24. The molecule has 0 radical (unpaired) electrons. The summed E-state index contributed by atoms with van der Waals surface area (Å²) in [7, 11) is 0. The number of hydrogen-bond donors (Lipinski definition) is 2. The third-order valence-corrected chi connectivity index (χ3v) is 4.67. The van der Waals surface area contributed by atoms with E-state index in [1.54, 1.807) is 6.20 Å². The molecule has 0 bridgehead atoms. The SMILES string of the molecule is O=C(CCc1nc(-c2ccccn2)no1)NC1CCCCCC1CO. The molecule has 7 heteroatoms. The van der Waals surface area contributed by atoms with Gasteiger partial charge in [0.2, 0.25) is 17.6 Å². The Hall–Kier alpha value is -2.28. The number of hydrogen-bond acceptors (Lipinski definition) is 6. The molecule has 134 valence electrons. The second-order valence-corrected chi connectivity index (χ2v) is 6.48. The van der Waals surface area contributed by atoms with Crippen molar-refractivity contribution in [2.75, 3.05) is 6.61 Å². The van der Waals surface area contributed by atoms with Crippen molar-refractivity contribution >= 4 is 5.91 Å². The Kier molecular flexibility index (Phi) is 6.11. The molecular formula is C18H24N4O3. The summed E-state index contributed by atoms with van der Waals surface area (Å²) in [6.07, 6.45) is 7.64. The number of aliphatic hydroxyl groups is 1. The van der Waals surface area contributed by atoms with Gasteiger partial charge < -0.3 is 14.9 Å². The summed E-state index contributed by atoms with van der Waals surface area (Å²) < 4.78 is 5.20. The van der Waals surface area contributed by atoms with E-state index < -0.39 is 0 Å². The Morgan fingerprint density at radius 2 is 2.16 bits per heavy atom. The number of aryl methyl sites for hydroxylation is 1. The maximum atomic E-state index is 12.2. The third-order valence-electron chi connectivity index (χ3n) is 4.67. The number of carbonyl (C=O) groups excluding carboxylic acids is 1. The Labute approximate surface area is 146 Å². The van der Waals surface area contributed by atoms with Gasteiger partial charge in [0.15, 0.2) is 0 Å². The summed E-state index contributed by atoms with van der Waals surface area (Å²) in [5, 5.41) is 16.5. The molecule has 0 aliphatic heterocycles. The Balaban J connectivity index is 1.51. The molecule has 0 spiro atoms. The van der Waals surface area contributed by atoms with Gasteiger partial charge in [-0.2, -0.15) is 4.98 Å². The summed E-state index contributed by atoms with van der Waals surface area (Å²) in [6.45, 7) is 0.127. The topological polar surface area (TPSA) is 101 Å². The number of carbonyl (C=O) groups is 1. The van der Waals surface area contributed by atoms with E-state index in [1.807, 2.05) is 18.2 Å². The number of aliphatic hydroxyl groups excluding tert-OH is 1. The Morgan fingerprint density at radius 3 is 2.96 bits per heavy atom. The van der Waals surface area contributed by atoms with E-state index in [9.17, 15) is 9.90 Å². The molecule has 7 nitrogen and oxygen atoms in total. The maximum Gasteiger partial charge on any atom is 0.227 e. The zero-order chi connectivity index (χ0) is 17.5. The van der Waals surface area contributed by atoms with Gasteiger partial charge in [0.25, 0.3) is 0 Å². The lowest BCUT2D eigenvalue weighted by atomic mass is 9.95. The van der Waals surface area contributed by atoms with Crippen LogP contribution in [0.2, 0.25) is 0 Å². The van der Waals surface area contributed by atoms with Crippen molar-refractivity contribution in [3.63, 3.8) is 0 Å². The van der Waals surface area contributed by atoms with Gasteiger partial charge >= 0.3 is 0 Å². The van der Waals surface area contributed by atoms with Gasteiger partial charge in [-0.15, -0.1) is 0 Å². The van der Waals surface area contributed by atoms with Crippen LogP contribution in [0.1, 0.15) is 44.4 Å². The number of rotatable bonds is 6. The molecule has 1 aliphatic rings. The van der Waals surface area contributed by atoms with E-state index in [1.165, 1.54) is 6.42 Å². The van der Waals surface area contributed by atoms with Gasteiger partial charge in [0.05, 0.1) is 0 Å². The lowest BCUT2D eigenvalue weighted by molar-refractivity contribution is -0.122. The molecule has 3 rings (SSSR count). The second kappa shape index (κ2) is 8.71. The summed E-state index contributed by atoms with van der Waals surface area (Å²) >= 11 is 0. The maximum absolute atomic E-state index is 12.2. The molecule has 1 saturated carbocycles. The van der Waals surface area contributed by atoms with Crippen LogP contribution in [0.4, 0.5) is 0 Å². The fourth-order valence-corrected chi connectivity index (χ4v) is 3.25. The average molecular weight is 344 g/mol. The van der Waals surface area contributed by atoms with Crippen molar-refractivity contribution in [2.45, 2.75) is 51.0 Å². The molecule has 1 fully saturated rings. The van der Waals surface area contributed by atoms with Crippen LogP contribution in [0.5, 0.6) is 0 Å². The summed E-state index contributed by atoms with van der Waals surface area (Å²) in [4.78, 5) is 20.7.